The van der Waals surface area contributed by atoms with Crippen LogP contribution in [0.3, 0.4) is 0 Å². The van der Waals surface area contributed by atoms with Crippen LogP contribution in [0.1, 0.15) is 6.92 Å². The van der Waals surface area contributed by atoms with Gasteiger partial charge >= 0.3 is 0 Å². The zero-order chi connectivity index (χ0) is 13.8. The lowest BCUT2D eigenvalue weighted by Gasteiger charge is -2.11. The molecule has 2 heterocycles. The van der Waals surface area contributed by atoms with Gasteiger partial charge in [-0.05, 0) is 19.1 Å². The summed E-state index contributed by atoms with van der Waals surface area (Å²) in [4.78, 5) is 20.2. The van der Waals surface area contributed by atoms with E-state index in [1.165, 1.54) is 18.0 Å². The quantitative estimate of drug-likeness (QED) is 0.881. The predicted molar refractivity (Wildman–Crippen MR) is 76.4 cm³/mol. The highest BCUT2D eigenvalue weighted by Gasteiger charge is 2.17. The number of hydrogen-bond donors (Lipinski definition) is 1. The molecular weight excluding hydrogens is 284 g/mol. The highest BCUT2D eigenvalue weighted by Crippen LogP contribution is 2.21. The molecular formula is C12H13ClN4OS. The Morgan fingerprint density at radius 2 is 2.26 bits per heavy atom. The number of aryl methyl sites for hydroxylation is 1. The van der Waals surface area contributed by atoms with Gasteiger partial charge in [0.15, 0.2) is 5.16 Å². The number of anilines is 1. The maximum Gasteiger partial charge on any atom is 0.238 e. The van der Waals surface area contributed by atoms with Gasteiger partial charge < -0.3 is 9.88 Å². The topological polar surface area (TPSA) is 59.8 Å². The van der Waals surface area contributed by atoms with Crippen molar-refractivity contribution in [3.05, 3.63) is 35.7 Å². The molecule has 0 aliphatic carbocycles. The highest BCUT2D eigenvalue weighted by molar-refractivity contribution is 8.00. The van der Waals surface area contributed by atoms with Crippen LogP contribution in [0.5, 0.6) is 0 Å². The van der Waals surface area contributed by atoms with Crippen LogP contribution in [-0.4, -0.2) is 25.7 Å². The summed E-state index contributed by atoms with van der Waals surface area (Å²) in [6.07, 6.45) is 5.04. The molecule has 0 spiro atoms. The highest BCUT2D eigenvalue weighted by atomic mass is 35.5. The van der Waals surface area contributed by atoms with Gasteiger partial charge in [0, 0.05) is 25.6 Å². The molecule has 1 atom stereocenters. The average Bonchev–Trinajstić information content (AvgIpc) is 2.78. The second-order valence-electron chi connectivity index (χ2n) is 3.93. The fraction of sp³-hybridized carbons (Fsp3) is 0.250. The van der Waals surface area contributed by atoms with Gasteiger partial charge in [0.25, 0.3) is 0 Å². The fourth-order valence-corrected chi connectivity index (χ4v) is 2.30. The van der Waals surface area contributed by atoms with Crippen LogP contribution in [0.25, 0.3) is 0 Å². The average molecular weight is 297 g/mol. The minimum atomic E-state index is -0.265. The number of hydrogen-bond acceptors (Lipinski definition) is 4. The first kappa shape index (κ1) is 13.9. The van der Waals surface area contributed by atoms with Gasteiger partial charge in [-0.2, -0.15) is 0 Å². The summed E-state index contributed by atoms with van der Waals surface area (Å²) in [6, 6.07) is 3.35. The Morgan fingerprint density at radius 3 is 2.84 bits per heavy atom. The van der Waals surface area contributed by atoms with E-state index in [-0.39, 0.29) is 11.2 Å². The van der Waals surface area contributed by atoms with Crippen LogP contribution in [0.2, 0.25) is 5.02 Å². The lowest BCUT2D eigenvalue weighted by molar-refractivity contribution is -0.115. The molecule has 0 aromatic carbocycles. The van der Waals surface area contributed by atoms with Gasteiger partial charge in [0.1, 0.15) is 5.82 Å². The van der Waals surface area contributed by atoms with E-state index < -0.39 is 0 Å². The Morgan fingerprint density at radius 1 is 1.47 bits per heavy atom. The van der Waals surface area contributed by atoms with Crippen LogP contribution in [0.15, 0.2) is 35.9 Å². The Kier molecular flexibility index (Phi) is 4.44. The molecule has 0 radical (unpaired) electrons. The van der Waals surface area contributed by atoms with Gasteiger partial charge in [-0.1, -0.05) is 23.4 Å². The van der Waals surface area contributed by atoms with E-state index in [0.29, 0.717) is 10.8 Å². The smallest absolute Gasteiger partial charge is 0.238 e. The molecule has 0 bridgehead atoms. The molecule has 19 heavy (non-hydrogen) atoms. The fourth-order valence-electron chi connectivity index (χ4n) is 1.35. The van der Waals surface area contributed by atoms with Gasteiger partial charge in [-0.25, -0.2) is 9.97 Å². The number of carbonyl (C=O) groups excluding carboxylic acids is 1. The molecule has 1 N–H and O–H groups in total. The normalized spacial score (nSPS) is 12.2. The van der Waals surface area contributed by atoms with E-state index in [9.17, 15) is 4.79 Å². The minimum Gasteiger partial charge on any atom is -0.329 e. The summed E-state index contributed by atoms with van der Waals surface area (Å²) in [6.45, 7) is 1.82. The Balaban J connectivity index is 1.96. The third-order valence-electron chi connectivity index (χ3n) is 2.41. The number of imidazole rings is 1. The maximum absolute atomic E-state index is 12.0. The van der Waals surface area contributed by atoms with Crippen LogP contribution >= 0.6 is 23.4 Å². The van der Waals surface area contributed by atoms with Crippen molar-refractivity contribution in [2.75, 3.05) is 5.32 Å². The summed E-state index contributed by atoms with van der Waals surface area (Å²) in [5.74, 6) is 0.365. The number of nitrogens with one attached hydrogen (secondary N) is 1. The van der Waals surface area contributed by atoms with Crippen molar-refractivity contribution in [3.8, 4) is 0 Å². The SMILES string of the molecule is C[C@@H](Sc1nccn1C)C(=O)Nc1ccc(Cl)cn1. The molecule has 2 rings (SSSR count). The van der Waals surface area contributed by atoms with E-state index >= 15 is 0 Å². The van der Waals surface area contributed by atoms with E-state index in [0.717, 1.165) is 5.16 Å². The first-order valence-corrected chi connectivity index (χ1v) is 6.88. The molecule has 2 aromatic rings. The molecule has 0 unspecified atom stereocenters. The first-order valence-electron chi connectivity index (χ1n) is 5.62. The molecule has 0 saturated heterocycles. The largest absolute Gasteiger partial charge is 0.329 e. The lowest BCUT2D eigenvalue weighted by Crippen LogP contribution is -2.23. The van der Waals surface area contributed by atoms with E-state index in [2.05, 4.69) is 15.3 Å². The number of rotatable bonds is 4. The number of nitrogens with zero attached hydrogens (tertiary/aromatic N) is 3. The number of pyridine rings is 1. The summed E-state index contributed by atoms with van der Waals surface area (Å²) in [7, 11) is 1.89. The van der Waals surface area contributed by atoms with Crippen molar-refractivity contribution in [2.45, 2.75) is 17.3 Å². The third-order valence-corrected chi connectivity index (χ3v) is 3.80. The van der Waals surface area contributed by atoms with Crippen molar-refractivity contribution in [1.29, 1.82) is 0 Å². The van der Waals surface area contributed by atoms with Crippen molar-refractivity contribution < 1.29 is 4.79 Å². The van der Waals surface area contributed by atoms with E-state index in [1.54, 1.807) is 18.3 Å². The summed E-state index contributed by atoms with van der Waals surface area (Å²) in [5.41, 5.74) is 0. The first-order chi connectivity index (χ1) is 9.06. The third kappa shape index (κ3) is 3.71. The van der Waals surface area contributed by atoms with Crippen LogP contribution in [0.4, 0.5) is 5.82 Å². The Bertz CT molecular complexity index is 569. The number of carbonyl (C=O) groups is 1. The molecule has 0 aliphatic rings. The zero-order valence-electron chi connectivity index (χ0n) is 10.5. The van der Waals surface area contributed by atoms with Crippen molar-refractivity contribution >= 4 is 35.1 Å². The van der Waals surface area contributed by atoms with E-state index in [4.69, 9.17) is 11.6 Å². The molecule has 5 nitrogen and oxygen atoms in total. The Hall–Kier alpha value is -1.53. The summed E-state index contributed by atoms with van der Waals surface area (Å²) < 4.78 is 1.87. The van der Waals surface area contributed by atoms with Crippen LogP contribution < -0.4 is 5.32 Å². The van der Waals surface area contributed by atoms with Crippen LogP contribution in [0, 0.1) is 0 Å². The van der Waals surface area contributed by atoms with Crippen molar-refractivity contribution in [2.24, 2.45) is 7.05 Å². The number of halogens is 1. The molecule has 7 heteroatoms. The second kappa shape index (κ2) is 6.08. The van der Waals surface area contributed by atoms with Gasteiger partial charge in [0.2, 0.25) is 5.91 Å². The van der Waals surface area contributed by atoms with Crippen LogP contribution in [-0.2, 0) is 11.8 Å². The molecule has 2 aromatic heterocycles. The van der Waals surface area contributed by atoms with Gasteiger partial charge in [-0.3, -0.25) is 4.79 Å². The maximum atomic E-state index is 12.0. The van der Waals surface area contributed by atoms with E-state index in [1.807, 2.05) is 24.7 Å². The molecule has 0 saturated carbocycles. The standard InChI is InChI=1S/C12H13ClN4OS/c1-8(19-12-14-5-6-17(12)2)11(18)16-10-4-3-9(13)7-15-10/h3-8H,1-2H3,(H,15,16,18)/t8-/m1/s1. The van der Waals surface area contributed by atoms with Crippen molar-refractivity contribution in [1.82, 2.24) is 14.5 Å². The number of amides is 1. The van der Waals surface area contributed by atoms with Gasteiger partial charge in [0.05, 0.1) is 10.3 Å². The lowest BCUT2D eigenvalue weighted by atomic mass is 10.4. The monoisotopic (exact) mass is 296 g/mol. The molecule has 0 fully saturated rings. The summed E-state index contributed by atoms with van der Waals surface area (Å²) >= 11 is 7.13. The summed E-state index contributed by atoms with van der Waals surface area (Å²) in [5, 5.41) is 3.80. The minimum absolute atomic E-state index is 0.122. The second-order valence-corrected chi connectivity index (χ2v) is 5.68. The molecule has 100 valence electrons. The van der Waals surface area contributed by atoms with Crippen molar-refractivity contribution in [3.63, 3.8) is 0 Å². The Labute approximate surface area is 120 Å². The predicted octanol–water partition coefficient (Wildman–Crippen LogP) is 2.59. The molecule has 1 amide bonds. The number of thioether (sulfide) groups is 1. The molecule has 0 aliphatic heterocycles. The number of aromatic nitrogens is 3. The zero-order valence-corrected chi connectivity index (χ0v) is 12.1. The van der Waals surface area contributed by atoms with Gasteiger partial charge in [-0.15, -0.1) is 0 Å².